The first-order valence-electron chi connectivity index (χ1n) is 6.22. The number of nitrogens with zero attached hydrogens (tertiary/aromatic N) is 1. The first-order chi connectivity index (χ1) is 9.65. The molecule has 1 aromatic carbocycles. The summed E-state index contributed by atoms with van der Waals surface area (Å²) in [6, 6.07) is 5.35. The van der Waals surface area contributed by atoms with Gasteiger partial charge in [-0.25, -0.2) is 4.98 Å². The highest BCUT2D eigenvalue weighted by Gasteiger charge is 2.16. The van der Waals surface area contributed by atoms with Crippen LogP contribution in [0, 0.1) is 0 Å². The predicted octanol–water partition coefficient (Wildman–Crippen LogP) is 2.70. The Bertz CT molecular complexity index is 748. The van der Waals surface area contributed by atoms with E-state index in [9.17, 15) is 4.79 Å². The predicted molar refractivity (Wildman–Crippen MR) is 80.7 cm³/mol. The van der Waals surface area contributed by atoms with Crippen LogP contribution in [-0.2, 0) is 0 Å². The molecule has 4 N–H and O–H groups in total. The van der Waals surface area contributed by atoms with Crippen molar-refractivity contribution in [1.29, 1.82) is 0 Å². The van der Waals surface area contributed by atoms with E-state index < -0.39 is 0 Å². The van der Waals surface area contributed by atoms with Crippen LogP contribution < -0.4 is 11.1 Å². The lowest BCUT2D eigenvalue weighted by Gasteiger charge is -2.10. The molecule has 1 unspecified atom stereocenters. The van der Waals surface area contributed by atoms with Crippen molar-refractivity contribution >= 4 is 33.8 Å². The van der Waals surface area contributed by atoms with Gasteiger partial charge in [0.25, 0.3) is 5.91 Å². The first kappa shape index (κ1) is 12.7. The number of thiazole rings is 1. The van der Waals surface area contributed by atoms with Crippen molar-refractivity contribution in [3.8, 4) is 0 Å². The summed E-state index contributed by atoms with van der Waals surface area (Å²) in [7, 11) is 0. The summed E-state index contributed by atoms with van der Waals surface area (Å²) in [6.45, 7) is 1.92. The number of nitrogens with two attached hydrogens (primary N) is 1. The van der Waals surface area contributed by atoms with Crippen molar-refractivity contribution in [3.05, 3.63) is 46.5 Å². The van der Waals surface area contributed by atoms with Gasteiger partial charge in [-0.15, -0.1) is 11.3 Å². The molecule has 0 saturated heterocycles. The van der Waals surface area contributed by atoms with Crippen LogP contribution in [0.4, 0.5) is 5.69 Å². The van der Waals surface area contributed by atoms with Crippen LogP contribution in [0.1, 0.15) is 28.3 Å². The number of aromatic nitrogens is 2. The number of carbonyl (C=O) groups is 1. The Morgan fingerprint density at radius 3 is 3.10 bits per heavy atom. The Balaban J connectivity index is 1.86. The molecular formula is C14H14N4OS. The molecule has 5 nitrogen and oxygen atoms in total. The number of fused-ring (bicyclic) bond motifs is 1. The molecule has 0 aliphatic carbocycles. The largest absolute Gasteiger partial charge is 0.399 e. The number of nitrogen functional groups attached to an aromatic ring is 1. The minimum atomic E-state index is -0.122. The fourth-order valence-electron chi connectivity index (χ4n) is 2.12. The SMILES string of the molecule is CC(NC(=O)c1c[nH]c2cc(N)ccc12)c1nccs1. The van der Waals surface area contributed by atoms with Gasteiger partial charge in [-0.1, -0.05) is 0 Å². The van der Waals surface area contributed by atoms with Crippen LogP contribution in [0.25, 0.3) is 10.9 Å². The molecule has 3 rings (SSSR count). The number of H-pyrrole nitrogens is 1. The van der Waals surface area contributed by atoms with E-state index in [4.69, 9.17) is 5.73 Å². The molecule has 0 fully saturated rings. The van der Waals surface area contributed by atoms with E-state index in [1.807, 2.05) is 24.4 Å². The summed E-state index contributed by atoms with van der Waals surface area (Å²) in [4.78, 5) is 19.6. The summed E-state index contributed by atoms with van der Waals surface area (Å²) in [5, 5.41) is 6.60. The number of benzene rings is 1. The number of nitrogens with one attached hydrogen (secondary N) is 2. The van der Waals surface area contributed by atoms with Crippen LogP contribution in [0.3, 0.4) is 0 Å². The van der Waals surface area contributed by atoms with E-state index in [1.165, 1.54) is 11.3 Å². The van der Waals surface area contributed by atoms with Gasteiger partial charge in [0.1, 0.15) is 5.01 Å². The number of carbonyl (C=O) groups excluding carboxylic acids is 1. The fourth-order valence-corrected chi connectivity index (χ4v) is 2.76. The minimum Gasteiger partial charge on any atom is -0.399 e. The van der Waals surface area contributed by atoms with Gasteiger partial charge < -0.3 is 16.0 Å². The van der Waals surface area contributed by atoms with Crippen molar-refractivity contribution in [3.63, 3.8) is 0 Å². The van der Waals surface area contributed by atoms with E-state index in [2.05, 4.69) is 15.3 Å². The molecule has 6 heteroatoms. The summed E-state index contributed by atoms with van der Waals surface area (Å²) >= 11 is 1.53. The van der Waals surface area contributed by atoms with Crippen molar-refractivity contribution < 1.29 is 4.79 Å². The molecule has 0 bridgehead atoms. The molecule has 0 saturated carbocycles. The maximum atomic E-state index is 12.3. The van der Waals surface area contributed by atoms with Gasteiger partial charge >= 0.3 is 0 Å². The second-order valence-electron chi connectivity index (χ2n) is 4.57. The van der Waals surface area contributed by atoms with Crippen molar-refractivity contribution in [2.24, 2.45) is 0 Å². The van der Waals surface area contributed by atoms with E-state index in [0.29, 0.717) is 11.3 Å². The molecule has 3 aromatic rings. The zero-order valence-electron chi connectivity index (χ0n) is 10.9. The third-order valence-corrected chi connectivity index (χ3v) is 4.08. The molecule has 102 valence electrons. The highest BCUT2D eigenvalue weighted by molar-refractivity contribution is 7.09. The van der Waals surface area contributed by atoms with Crippen LogP contribution in [0.5, 0.6) is 0 Å². The maximum Gasteiger partial charge on any atom is 0.254 e. The summed E-state index contributed by atoms with van der Waals surface area (Å²) in [5.41, 5.74) is 7.87. The summed E-state index contributed by atoms with van der Waals surface area (Å²) in [6.07, 6.45) is 3.44. The normalized spacial score (nSPS) is 12.4. The molecule has 0 radical (unpaired) electrons. The number of anilines is 1. The van der Waals surface area contributed by atoms with Gasteiger partial charge in [-0.05, 0) is 25.1 Å². The zero-order chi connectivity index (χ0) is 14.1. The smallest absolute Gasteiger partial charge is 0.254 e. The topological polar surface area (TPSA) is 83.8 Å². The molecule has 0 aliphatic rings. The number of rotatable bonds is 3. The van der Waals surface area contributed by atoms with Gasteiger partial charge in [-0.2, -0.15) is 0 Å². The van der Waals surface area contributed by atoms with Crippen molar-refractivity contribution in [1.82, 2.24) is 15.3 Å². The Hall–Kier alpha value is -2.34. The zero-order valence-corrected chi connectivity index (χ0v) is 11.7. The van der Waals surface area contributed by atoms with Crippen LogP contribution in [-0.4, -0.2) is 15.9 Å². The molecule has 20 heavy (non-hydrogen) atoms. The number of hydrogen-bond acceptors (Lipinski definition) is 4. The Labute approximate surface area is 119 Å². The number of hydrogen-bond donors (Lipinski definition) is 3. The van der Waals surface area contributed by atoms with E-state index in [-0.39, 0.29) is 11.9 Å². The lowest BCUT2D eigenvalue weighted by atomic mass is 10.1. The quantitative estimate of drug-likeness (QED) is 0.647. The molecular weight excluding hydrogens is 272 g/mol. The van der Waals surface area contributed by atoms with Crippen LogP contribution in [0.15, 0.2) is 36.0 Å². The van der Waals surface area contributed by atoms with E-state index >= 15 is 0 Å². The second kappa shape index (κ2) is 4.97. The Kier molecular flexibility index (Phi) is 3.15. The molecule has 1 amide bonds. The van der Waals surface area contributed by atoms with Gasteiger partial charge in [-0.3, -0.25) is 4.79 Å². The van der Waals surface area contributed by atoms with Gasteiger partial charge in [0.05, 0.1) is 11.6 Å². The number of aromatic amines is 1. The highest BCUT2D eigenvalue weighted by Crippen LogP contribution is 2.22. The first-order valence-corrected chi connectivity index (χ1v) is 7.10. The average Bonchev–Trinajstić information content (AvgIpc) is 3.07. The summed E-state index contributed by atoms with van der Waals surface area (Å²) < 4.78 is 0. The average molecular weight is 286 g/mol. The Morgan fingerprint density at radius 2 is 2.35 bits per heavy atom. The van der Waals surface area contributed by atoms with Crippen molar-refractivity contribution in [2.45, 2.75) is 13.0 Å². The second-order valence-corrected chi connectivity index (χ2v) is 5.50. The highest BCUT2D eigenvalue weighted by atomic mass is 32.1. The minimum absolute atomic E-state index is 0.110. The van der Waals surface area contributed by atoms with E-state index in [1.54, 1.807) is 18.5 Å². The maximum absolute atomic E-state index is 12.3. The lowest BCUT2D eigenvalue weighted by molar-refractivity contribution is 0.0941. The van der Waals surface area contributed by atoms with Crippen molar-refractivity contribution in [2.75, 3.05) is 5.73 Å². The van der Waals surface area contributed by atoms with Gasteiger partial charge in [0.2, 0.25) is 0 Å². The molecule has 2 heterocycles. The molecule has 0 aliphatic heterocycles. The van der Waals surface area contributed by atoms with Crippen LogP contribution in [0.2, 0.25) is 0 Å². The third-order valence-electron chi connectivity index (χ3n) is 3.12. The lowest BCUT2D eigenvalue weighted by Crippen LogP contribution is -2.26. The third kappa shape index (κ3) is 2.25. The van der Waals surface area contributed by atoms with Gasteiger partial charge in [0.15, 0.2) is 0 Å². The van der Waals surface area contributed by atoms with E-state index in [0.717, 1.165) is 15.9 Å². The Morgan fingerprint density at radius 1 is 1.50 bits per heavy atom. The fraction of sp³-hybridized carbons (Fsp3) is 0.143. The summed E-state index contributed by atoms with van der Waals surface area (Å²) in [5.74, 6) is -0.122. The standard InChI is InChI=1S/C14H14N4OS/c1-8(14-16-4-5-20-14)18-13(19)11-7-17-12-6-9(15)2-3-10(11)12/h2-8,17H,15H2,1H3,(H,18,19). The monoisotopic (exact) mass is 286 g/mol. The molecule has 0 spiro atoms. The molecule has 1 atom stereocenters. The molecule has 2 aromatic heterocycles. The van der Waals surface area contributed by atoms with Gasteiger partial charge in [0, 0.05) is 34.4 Å². The van der Waals surface area contributed by atoms with Crippen LogP contribution >= 0.6 is 11.3 Å². The number of amides is 1.